The van der Waals surface area contributed by atoms with Crippen LogP contribution in [0, 0.1) is 17.3 Å². The zero-order valence-corrected chi connectivity index (χ0v) is 20.2. The zero-order chi connectivity index (χ0) is 24.0. The Balaban J connectivity index is 1.47. The van der Waals surface area contributed by atoms with Gasteiger partial charge in [0.25, 0.3) is 5.91 Å². The number of amides is 4. The highest BCUT2D eigenvalue weighted by Gasteiger charge is 2.56. The van der Waals surface area contributed by atoms with E-state index in [1.165, 1.54) is 0 Å². The first-order valence-corrected chi connectivity index (χ1v) is 11.8. The van der Waals surface area contributed by atoms with Crippen LogP contribution in [0.25, 0.3) is 0 Å². The van der Waals surface area contributed by atoms with Gasteiger partial charge < -0.3 is 20.1 Å². The van der Waals surface area contributed by atoms with Gasteiger partial charge in [-0.3, -0.25) is 14.5 Å². The summed E-state index contributed by atoms with van der Waals surface area (Å²) in [5, 5.41) is 5.94. The van der Waals surface area contributed by atoms with E-state index in [9.17, 15) is 14.4 Å². The minimum atomic E-state index is -0.911. The van der Waals surface area contributed by atoms with Gasteiger partial charge in [0, 0.05) is 0 Å². The van der Waals surface area contributed by atoms with E-state index in [4.69, 9.17) is 9.47 Å². The second-order valence-electron chi connectivity index (χ2n) is 11.0. The summed E-state index contributed by atoms with van der Waals surface area (Å²) in [7, 11) is 0. The van der Waals surface area contributed by atoms with Crippen molar-refractivity contribution in [3.63, 3.8) is 0 Å². The van der Waals surface area contributed by atoms with Gasteiger partial charge in [-0.25, -0.2) is 4.79 Å². The maximum atomic E-state index is 13.3. The van der Waals surface area contributed by atoms with Crippen LogP contribution in [0.5, 0.6) is 11.5 Å². The number of rotatable bonds is 5. The predicted molar refractivity (Wildman–Crippen MR) is 123 cm³/mol. The molecule has 180 valence electrons. The van der Waals surface area contributed by atoms with Crippen molar-refractivity contribution in [1.29, 1.82) is 0 Å². The molecule has 2 heterocycles. The first-order valence-electron chi connectivity index (χ1n) is 11.8. The molecule has 1 aliphatic carbocycles. The molecule has 3 atom stereocenters. The Hall–Kier alpha value is -2.77. The van der Waals surface area contributed by atoms with E-state index < -0.39 is 11.6 Å². The molecule has 4 rings (SSSR count). The molecule has 1 aromatic rings. The van der Waals surface area contributed by atoms with Crippen LogP contribution in [-0.4, -0.2) is 48.0 Å². The van der Waals surface area contributed by atoms with Gasteiger partial charge >= 0.3 is 6.03 Å². The van der Waals surface area contributed by atoms with Crippen molar-refractivity contribution in [3.05, 3.63) is 23.8 Å². The fourth-order valence-corrected chi connectivity index (χ4v) is 5.90. The molecule has 1 saturated heterocycles. The largest absolute Gasteiger partial charge is 0.486 e. The summed E-state index contributed by atoms with van der Waals surface area (Å²) in [6, 6.07) is 4.86. The Morgan fingerprint density at radius 1 is 1.18 bits per heavy atom. The average molecular weight is 458 g/mol. The van der Waals surface area contributed by atoms with Gasteiger partial charge in [-0.2, -0.15) is 0 Å². The molecule has 33 heavy (non-hydrogen) atoms. The minimum absolute atomic E-state index is 0.0557. The molecular weight excluding hydrogens is 422 g/mol. The highest BCUT2D eigenvalue weighted by Crippen LogP contribution is 2.46. The molecular formula is C25H35N3O5. The van der Waals surface area contributed by atoms with Crippen molar-refractivity contribution in [3.8, 4) is 11.5 Å². The second kappa shape index (κ2) is 8.54. The molecule has 2 fully saturated rings. The first kappa shape index (κ1) is 23.4. The third-order valence-corrected chi connectivity index (χ3v) is 6.83. The molecule has 8 nitrogen and oxygen atoms in total. The second-order valence-corrected chi connectivity index (χ2v) is 11.0. The Bertz CT molecular complexity index is 959. The smallest absolute Gasteiger partial charge is 0.325 e. The Morgan fingerprint density at radius 3 is 2.55 bits per heavy atom. The summed E-state index contributed by atoms with van der Waals surface area (Å²) in [4.78, 5) is 40.2. The van der Waals surface area contributed by atoms with Gasteiger partial charge in [0.05, 0.1) is 6.04 Å². The van der Waals surface area contributed by atoms with Crippen molar-refractivity contribution >= 4 is 17.8 Å². The summed E-state index contributed by atoms with van der Waals surface area (Å²) in [6.45, 7) is 11.1. The Kier molecular flexibility index (Phi) is 6.05. The Labute approximate surface area is 195 Å². The molecule has 8 heteroatoms. The fourth-order valence-electron chi connectivity index (χ4n) is 5.90. The maximum Gasteiger partial charge on any atom is 0.325 e. The molecule has 1 saturated carbocycles. The van der Waals surface area contributed by atoms with Crippen LogP contribution < -0.4 is 20.1 Å². The SMILES string of the molecule is CC(C)[C@@H](NC(=O)CN1C(=O)N[C@@]2(C[C@H](C)CC(C)(C)C2)C1=O)c1ccc2c(c1)OCCO2. The number of urea groups is 1. The van der Waals surface area contributed by atoms with E-state index in [0.717, 1.165) is 16.9 Å². The van der Waals surface area contributed by atoms with Gasteiger partial charge in [0.1, 0.15) is 25.3 Å². The topological polar surface area (TPSA) is 97.0 Å². The van der Waals surface area contributed by atoms with Gasteiger partial charge in [0.2, 0.25) is 5.91 Å². The van der Waals surface area contributed by atoms with Gasteiger partial charge in [-0.15, -0.1) is 0 Å². The van der Waals surface area contributed by atoms with Crippen molar-refractivity contribution in [2.45, 2.75) is 65.5 Å². The summed E-state index contributed by atoms with van der Waals surface area (Å²) in [5.74, 6) is 1.09. The number of nitrogens with one attached hydrogen (secondary N) is 2. The summed E-state index contributed by atoms with van der Waals surface area (Å²) >= 11 is 0. The van der Waals surface area contributed by atoms with Crippen LogP contribution in [-0.2, 0) is 9.59 Å². The lowest BCUT2D eigenvalue weighted by Crippen LogP contribution is -2.54. The van der Waals surface area contributed by atoms with E-state index in [1.54, 1.807) is 0 Å². The molecule has 3 aliphatic rings. The number of benzene rings is 1. The van der Waals surface area contributed by atoms with E-state index in [-0.39, 0.29) is 35.7 Å². The van der Waals surface area contributed by atoms with Crippen molar-refractivity contribution in [2.24, 2.45) is 17.3 Å². The molecule has 2 aliphatic heterocycles. The van der Waals surface area contributed by atoms with Crippen LogP contribution >= 0.6 is 0 Å². The lowest BCUT2D eigenvalue weighted by molar-refractivity contribution is -0.137. The highest BCUT2D eigenvalue weighted by atomic mass is 16.6. The fraction of sp³-hybridized carbons (Fsp3) is 0.640. The van der Waals surface area contributed by atoms with Crippen LogP contribution in [0.4, 0.5) is 4.79 Å². The predicted octanol–water partition coefficient (Wildman–Crippen LogP) is 3.41. The highest BCUT2D eigenvalue weighted by molar-refractivity contribution is 6.09. The minimum Gasteiger partial charge on any atom is -0.486 e. The molecule has 4 amide bonds. The molecule has 0 unspecified atom stereocenters. The van der Waals surface area contributed by atoms with Crippen LogP contribution in [0.3, 0.4) is 0 Å². The van der Waals surface area contributed by atoms with Gasteiger partial charge in [0.15, 0.2) is 11.5 Å². The first-order chi connectivity index (χ1) is 15.5. The number of carbonyl (C=O) groups is 3. The van der Waals surface area contributed by atoms with Crippen LogP contribution in [0.15, 0.2) is 18.2 Å². The number of hydrogen-bond acceptors (Lipinski definition) is 5. The lowest BCUT2D eigenvalue weighted by Gasteiger charge is -2.43. The molecule has 2 N–H and O–H groups in total. The third-order valence-electron chi connectivity index (χ3n) is 6.83. The third kappa shape index (κ3) is 4.66. The molecule has 0 radical (unpaired) electrons. The summed E-state index contributed by atoms with van der Waals surface area (Å²) in [5.41, 5.74) is -0.0785. The quantitative estimate of drug-likeness (QED) is 0.661. The average Bonchev–Trinajstić information content (AvgIpc) is 2.93. The normalized spacial score (nSPS) is 27.0. The lowest BCUT2D eigenvalue weighted by atomic mass is 9.64. The number of imide groups is 1. The number of hydrogen-bond donors (Lipinski definition) is 2. The maximum absolute atomic E-state index is 13.3. The summed E-state index contributed by atoms with van der Waals surface area (Å²) in [6.07, 6.45) is 2.19. The van der Waals surface area contributed by atoms with Gasteiger partial charge in [-0.1, -0.05) is 40.7 Å². The molecule has 1 aromatic carbocycles. The van der Waals surface area contributed by atoms with Crippen molar-refractivity contribution in [2.75, 3.05) is 19.8 Å². The van der Waals surface area contributed by atoms with E-state index in [0.29, 0.717) is 43.5 Å². The van der Waals surface area contributed by atoms with E-state index in [1.807, 2.05) is 32.0 Å². The van der Waals surface area contributed by atoms with Crippen LogP contribution in [0.2, 0.25) is 0 Å². The van der Waals surface area contributed by atoms with E-state index in [2.05, 4.69) is 31.4 Å². The standard InChI is InChI=1S/C25H35N3O5/c1-15(2)21(17-6-7-18-19(10-17)33-9-8-32-18)26-20(29)13-28-22(30)25(27-23(28)31)12-16(3)11-24(4,5)14-25/h6-7,10,15-16,21H,8-9,11-14H2,1-5H3,(H,26,29)(H,27,31)/t16-,21-,25-/m1/s1. The number of ether oxygens (including phenoxy) is 2. The number of fused-ring (bicyclic) bond motifs is 1. The Morgan fingerprint density at radius 2 is 1.88 bits per heavy atom. The van der Waals surface area contributed by atoms with Crippen molar-refractivity contribution in [1.82, 2.24) is 15.5 Å². The molecule has 0 aromatic heterocycles. The van der Waals surface area contributed by atoms with Crippen molar-refractivity contribution < 1.29 is 23.9 Å². The monoisotopic (exact) mass is 457 g/mol. The van der Waals surface area contributed by atoms with E-state index >= 15 is 0 Å². The van der Waals surface area contributed by atoms with Gasteiger partial charge in [-0.05, 0) is 54.2 Å². The van der Waals surface area contributed by atoms with Crippen LogP contribution in [0.1, 0.15) is 65.5 Å². The molecule has 0 bridgehead atoms. The summed E-state index contributed by atoms with van der Waals surface area (Å²) < 4.78 is 11.3. The number of carbonyl (C=O) groups excluding carboxylic acids is 3. The number of nitrogens with zero attached hydrogens (tertiary/aromatic N) is 1. The zero-order valence-electron chi connectivity index (χ0n) is 20.2. The molecule has 1 spiro atoms.